The molecule has 0 saturated carbocycles. The van der Waals surface area contributed by atoms with E-state index >= 15 is 0 Å². The third-order valence-electron chi connectivity index (χ3n) is 3.70. The summed E-state index contributed by atoms with van der Waals surface area (Å²) in [7, 11) is -3.71. The lowest BCUT2D eigenvalue weighted by Crippen LogP contribution is -2.23. The summed E-state index contributed by atoms with van der Waals surface area (Å²) in [5, 5.41) is 0. The van der Waals surface area contributed by atoms with Crippen molar-refractivity contribution in [3.8, 4) is 23.7 Å². The van der Waals surface area contributed by atoms with Gasteiger partial charge in [0.15, 0.2) is 12.4 Å². The first-order chi connectivity index (χ1) is 13.5. The number of nitrogens with one attached hydrogen (secondary N) is 1. The van der Waals surface area contributed by atoms with E-state index in [9.17, 15) is 13.2 Å². The molecular formula is C20H16N2O5S. The summed E-state index contributed by atoms with van der Waals surface area (Å²) in [6.07, 6.45) is 6.60. The fourth-order valence-corrected chi connectivity index (χ4v) is 3.25. The van der Waals surface area contributed by atoms with E-state index < -0.39 is 16.0 Å². The highest BCUT2D eigenvalue weighted by molar-refractivity contribution is 7.89. The summed E-state index contributed by atoms with van der Waals surface area (Å²) in [6.45, 7) is -0.261. The van der Waals surface area contributed by atoms with E-state index in [0.717, 1.165) is 5.56 Å². The number of hydrogen-bond donors (Lipinski definition) is 1. The molecule has 3 rings (SSSR count). The molecule has 0 bridgehead atoms. The number of carbonyl (C=O) groups is 1. The molecule has 142 valence electrons. The van der Waals surface area contributed by atoms with E-state index in [1.165, 1.54) is 24.3 Å². The van der Waals surface area contributed by atoms with Gasteiger partial charge in [-0.15, -0.1) is 6.42 Å². The average molecular weight is 396 g/mol. The number of carbonyl (C=O) groups excluding carboxylic acids is 1. The maximum Gasteiger partial charge on any atom is 0.338 e. The molecule has 1 N–H and O–H groups in total. The van der Waals surface area contributed by atoms with E-state index in [0.29, 0.717) is 5.76 Å². The molecule has 0 fully saturated rings. The highest BCUT2D eigenvalue weighted by Crippen LogP contribution is 2.20. The zero-order valence-electron chi connectivity index (χ0n) is 14.7. The van der Waals surface area contributed by atoms with Crippen molar-refractivity contribution in [3.05, 3.63) is 72.2 Å². The second kappa shape index (κ2) is 8.52. The van der Waals surface area contributed by atoms with Gasteiger partial charge in [0.1, 0.15) is 0 Å². The third kappa shape index (κ3) is 4.65. The number of esters is 1. The Morgan fingerprint density at radius 1 is 1.14 bits per heavy atom. The Morgan fingerprint density at radius 3 is 2.54 bits per heavy atom. The van der Waals surface area contributed by atoms with Crippen LogP contribution < -0.4 is 4.72 Å². The summed E-state index contributed by atoms with van der Waals surface area (Å²) in [5.74, 6) is 2.39. The van der Waals surface area contributed by atoms with E-state index in [1.807, 2.05) is 30.3 Å². The molecule has 1 heterocycles. The van der Waals surface area contributed by atoms with E-state index in [1.54, 1.807) is 6.20 Å². The highest BCUT2D eigenvalue weighted by atomic mass is 32.2. The summed E-state index contributed by atoms with van der Waals surface area (Å²) in [5.41, 5.74) is 1.06. The van der Waals surface area contributed by atoms with Gasteiger partial charge in [0, 0.05) is 5.56 Å². The minimum atomic E-state index is -3.71. The molecule has 0 aliphatic heterocycles. The molecule has 0 aliphatic carbocycles. The number of oxazole rings is 1. The Balaban J connectivity index is 1.61. The van der Waals surface area contributed by atoms with Crippen molar-refractivity contribution in [1.29, 1.82) is 0 Å². The molecular weight excluding hydrogens is 380 g/mol. The van der Waals surface area contributed by atoms with Crippen LogP contribution in [0.4, 0.5) is 0 Å². The molecule has 0 spiro atoms. The molecule has 3 aromatic rings. The van der Waals surface area contributed by atoms with Crippen molar-refractivity contribution < 1.29 is 22.4 Å². The lowest BCUT2D eigenvalue weighted by molar-refractivity contribution is 0.0439. The van der Waals surface area contributed by atoms with Crippen molar-refractivity contribution in [2.24, 2.45) is 0 Å². The molecule has 0 atom stereocenters. The Bertz CT molecular complexity index is 1100. The second-order valence-corrected chi connectivity index (χ2v) is 7.38. The number of terminal acetylenes is 1. The first-order valence-electron chi connectivity index (χ1n) is 8.20. The predicted octanol–water partition coefficient (Wildman–Crippen LogP) is 2.61. The second-order valence-electron chi connectivity index (χ2n) is 5.61. The van der Waals surface area contributed by atoms with Gasteiger partial charge in [-0.1, -0.05) is 36.3 Å². The number of benzene rings is 2. The predicted molar refractivity (Wildman–Crippen MR) is 102 cm³/mol. The van der Waals surface area contributed by atoms with Crippen LogP contribution in [0, 0.1) is 12.3 Å². The molecule has 7 nitrogen and oxygen atoms in total. The Kier molecular flexibility index (Phi) is 5.89. The average Bonchev–Trinajstić information content (AvgIpc) is 3.20. The fourth-order valence-electron chi connectivity index (χ4n) is 2.31. The number of aromatic nitrogens is 1. The lowest BCUT2D eigenvalue weighted by Gasteiger charge is -2.06. The van der Waals surface area contributed by atoms with Crippen molar-refractivity contribution in [1.82, 2.24) is 9.71 Å². The van der Waals surface area contributed by atoms with Crippen LogP contribution in [0.5, 0.6) is 0 Å². The van der Waals surface area contributed by atoms with Gasteiger partial charge in [0.2, 0.25) is 15.9 Å². The van der Waals surface area contributed by atoms with Crippen LogP contribution in [-0.2, 0) is 21.4 Å². The van der Waals surface area contributed by atoms with Crippen LogP contribution in [0.3, 0.4) is 0 Å². The maximum absolute atomic E-state index is 12.1. The maximum atomic E-state index is 12.1. The van der Waals surface area contributed by atoms with Crippen LogP contribution in [0.2, 0.25) is 0 Å². The smallest absolute Gasteiger partial charge is 0.338 e. The van der Waals surface area contributed by atoms with Gasteiger partial charge in [-0.3, -0.25) is 0 Å². The van der Waals surface area contributed by atoms with Crippen molar-refractivity contribution in [3.63, 3.8) is 0 Å². The fraction of sp³-hybridized carbons (Fsp3) is 0.100. The Labute approximate surface area is 162 Å². The van der Waals surface area contributed by atoms with Crippen LogP contribution in [-0.4, -0.2) is 25.9 Å². The van der Waals surface area contributed by atoms with Gasteiger partial charge in [0.25, 0.3) is 0 Å². The van der Waals surface area contributed by atoms with Gasteiger partial charge in [-0.05, 0) is 24.3 Å². The van der Waals surface area contributed by atoms with Crippen molar-refractivity contribution in [2.45, 2.75) is 11.5 Å². The van der Waals surface area contributed by atoms with Crippen LogP contribution in [0.15, 0.2) is 70.1 Å². The number of sulfonamides is 1. The van der Waals surface area contributed by atoms with Gasteiger partial charge in [-0.2, -0.15) is 4.72 Å². The third-order valence-corrected chi connectivity index (χ3v) is 5.12. The number of ether oxygens (including phenoxy) is 1. The number of rotatable bonds is 7. The largest absolute Gasteiger partial charge is 0.452 e. The topological polar surface area (TPSA) is 98.5 Å². The molecule has 1 aromatic heterocycles. The molecule has 0 unspecified atom stereocenters. The number of nitrogens with zero attached hydrogens (tertiary/aromatic N) is 1. The van der Waals surface area contributed by atoms with E-state index in [2.05, 4.69) is 15.6 Å². The van der Waals surface area contributed by atoms with E-state index in [-0.39, 0.29) is 29.5 Å². The highest BCUT2D eigenvalue weighted by Gasteiger charge is 2.15. The first kappa shape index (κ1) is 19.4. The minimum Gasteiger partial charge on any atom is -0.452 e. The van der Waals surface area contributed by atoms with Gasteiger partial charge in [0.05, 0.1) is 23.2 Å². The first-order valence-corrected chi connectivity index (χ1v) is 9.68. The molecule has 0 radical (unpaired) electrons. The SMILES string of the molecule is C#CCNS(=O)(=O)c1ccc(C(=O)OCc2ncc(-c3ccccc3)o2)cc1. The van der Waals surface area contributed by atoms with Crippen LogP contribution >= 0.6 is 0 Å². The molecule has 0 saturated heterocycles. The zero-order chi connectivity index (χ0) is 20.0. The van der Waals surface area contributed by atoms with Gasteiger partial charge in [-0.25, -0.2) is 18.2 Å². The van der Waals surface area contributed by atoms with Gasteiger partial charge < -0.3 is 9.15 Å². The molecule has 2 aromatic carbocycles. The summed E-state index contributed by atoms with van der Waals surface area (Å²) in [6, 6.07) is 14.7. The normalized spacial score (nSPS) is 11.0. The quantitative estimate of drug-likeness (QED) is 0.487. The standard InChI is InChI=1S/C20H16N2O5S/c1-2-12-22-28(24,25)17-10-8-16(9-11-17)20(23)26-14-19-21-13-18(27-19)15-6-4-3-5-7-15/h1,3-11,13,22H,12,14H2. The van der Waals surface area contributed by atoms with Crippen LogP contribution in [0.25, 0.3) is 11.3 Å². The monoisotopic (exact) mass is 396 g/mol. The lowest BCUT2D eigenvalue weighted by atomic mass is 10.2. The van der Waals surface area contributed by atoms with Gasteiger partial charge >= 0.3 is 5.97 Å². The van der Waals surface area contributed by atoms with Crippen molar-refractivity contribution in [2.75, 3.05) is 6.54 Å². The Hall–Kier alpha value is -3.41. The molecule has 8 heteroatoms. The zero-order valence-corrected chi connectivity index (χ0v) is 15.5. The summed E-state index contributed by atoms with van der Waals surface area (Å²) < 4.78 is 36.9. The summed E-state index contributed by atoms with van der Waals surface area (Å²) in [4.78, 5) is 16.2. The molecule has 0 aliphatic rings. The number of hydrogen-bond acceptors (Lipinski definition) is 6. The molecule has 0 amide bonds. The van der Waals surface area contributed by atoms with Crippen molar-refractivity contribution >= 4 is 16.0 Å². The van der Waals surface area contributed by atoms with E-state index in [4.69, 9.17) is 15.6 Å². The van der Waals surface area contributed by atoms with Crippen LogP contribution in [0.1, 0.15) is 16.2 Å². The molecule has 28 heavy (non-hydrogen) atoms. The minimum absolute atomic E-state index is 0.000459. The Morgan fingerprint density at radius 2 is 1.86 bits per heavy atom. The summed E-state index contributed by atoms with van der Waals surface area (Å²) >= 11 is 0.